The molecule has 9 heteroatoms. The number of aromatic nitrogens is 2. The van der Waals surface area contributed by atoms with Crippen molar-refractivity contribution in [2.24, 2.45) is 0 Å². The first-order valence-corrected chi connectivity index (χ1v) is 7.59. The summed E-state index contributed by atoms with van der Waals surface area (Å²) < 4.78 is 5.80. The van der Waals surface area contributed by atoms with Crippen molar-refractivity contribution in [1.29, 1.82) is 10.5 Å². The van der Waals surface area contributed by atoms with Gasteiger partial charge < -0.3 is 10.1 Å². The SMILES string of the molecule is CCc1ccc(NC(=O)N(C)OC)cc1Oc1cc(C#N)nnc1C#N. The van der Waals surface area contributed by atoms with E-state index in [1.165, 1.54) is 20.2 Å². The van der Waals surface area contributed by atoms with Crippen molar-refractivity contribution in [3.8, 4) is 23.6 Å². The van der Waals surface area contributed by atoms with Gasteiger partial charge in [0, 0.05) is 24.9 Å². The van der Waals surface area contributed by atoms with Crippen LogP contribution in [0.25, 0.3) is 0 Å². The molecule has 0 aliphatic carbocycles. The third-order valence-corrected chi connectivity index (χ3v) is 3.46. The van der Waals surface area contributed by atoms with Gasteiger partial charge in [0.25, 0.3) is 0 Å². The third-order valence-electron chi connectivity index (χ3n) is 3.46. The smallest absolute Gasteiger partial charge is 0.345 e. The highest BCUT2D eigenvalue weighted by atomic mass is 16.7. The largest absolute Gasteiger partial charge is 0.454 e. The van der Waals surface area contributed by atoms with E-state index in [1.54, 1.807) is 18.2 Å². The van der Waals surface area contributed by atoms with Crippen LogP contribution in [0.5, 0.6) is 11.5 Å². The minimum atomic E-state index is -0.460. The minimum absolute atomic E-state index is 0.0308. The highest BCUT2D eigenvalue weighted by molar-refractivity contribution is 5.88. The number of nitrogens with zero attached hydrogens (tertiary/aromatic N) is 5. The normalized spacial score (nSPS) is 9.73. The Kier molecular flexibility index (Phi) is 6.04. The number of benzene rings is 1. The van der Waals surface area contributed by atoms with E-state index in [9.17, 15) is 4.79 Å². The Morgan fingerprint density at radius 1 is 1.23 bits per heavy atom. The Hall–Kier alpha value is -3.69. The quantitative estimate of drug-likeness (QED) is 0.820. The fourth-order valence-electron chi connectivity index (χ4n) is 2.01. The van der Waals surface area contributed by atoms with Crippen molar-refractivity contribution in [3.05, 3.63) is 41.2 Å². The molecule has 1 N–H and O–H groups in total. The number of hydrogen-bond acceptors (Lipinski definition) is 7. The van der Waals surface area contributed by atoms with Gasteiger partial charge in [-0.15, -0.1) is 10.2 Å². The molecule has 0 spiro atoms. The first kappa shape index (κ1) is 18.6. The second-order valence-corrected chi connectivity index (χ2v) is 5.05. The van der Waals surface area contributed by atoms with E-state index in [0.29, 0.717) is 17.9 Å². The maximum atomic E-state index is 11.9. The van der Waals surface area contributed by atoms with Gasteiger partial charge in [-0.2, -0.15) is 10.5 Å². The average Bonchev–Trinajstić information content (AvgIpc) is 2.67. The molecular formula is C17H16N6O3. The van der Waals surface area contributed by atoms with E-state index in [2.05, 4.69) is 15.5 Å². The van der Waals surface area contributed by atoms with Crippen LogP contribution in [-0.2, 0) is 11.3 Å². The number of amides is 2. The lowest BCUT2D eigenvalue weighted by atomic mass is 10.1. The molecule has 2 aromatic rings. The van der Waals surface area contributed by atoms with Crippen LogP contribution < -0.4 is 10.1 Å². The molecule has 132 valence electrons. The number of carbonyl (C=O) groups is 1. The molecule has 0 fully saturated rings. The van der Waals surface area contributed by atoms with E-state index < -0.39 is 6.03 Å². The summed E-state index contributed by atoms with van der Waals surface area (Å²) >= 11 is 0. The molecule has 0 atom stereocenters. The summed E-state index contributed by atoms with van der Waals surface area (Å²) in [5.41, 5.74) is 1.32. The molecule has 2 amide bonds. The van der Waals surface area contributed by atoms with Crippen molar-refractivity contribution in [1.82, 2.24) is 15.3 Å². The van der Waals surface area contributed by atoms with Crippen molar-refractivity contribution in [2.75, 3.05) is 19.5 Å². The Labute approximate surface area is 150 Å². The number of anilines is 1. The fraction of sp³-hybridized carbons (Fsp3) is 0.235. The van der Waals surface area contributed by atoms with Crippen LogP contribution >= 0.6 is 0 Å². The number of urea groups is 1. The molecule has 0 radical (unpaired) electrons. The van der Waals surface area contributed by atoms with Crippen LogP contribution in [0.2, 0.25) is 0 Å². The zero-order valence-electron chi connectivity index (χ0n) is 14.5. The lowest BCUT2D eigenvalue weighted by Crippen LogP contribution is -2.30. The summed E-state index contributed by atoms with van der Waals surface area (Å²) in [6, 6.07) is 9.74. The van der Waals surface area contributed by atoms with Gasteiger partial charge >= 0.3 is 6.03 Å². The molecule has 0 saturated heterocycles. The van der Waals surface area contributed by atoms with Gasteiger partial charge in [-0.1, -0.05) is 13.0 Å². The van der Waals surface area contributed by atoms with Crippen molar-refractivity contribution < 1.29 is 14.4 Å². The maximum absolute atomic E-state index is 11.9. The molecule has 1 aromatic heterocycles. The van der Waals surface area contributed by atoms with E-state index in [0.717, 1.165) is 10.6 Å². The third kappa shape index (κ3) is 4.23. The molecule has 1 aromatic carbocycles. The van der Waals surface area contributed by atoms with Crippen LogP contribution in [0.3, 0.4) is 0 Å². The van der Waals surface area contributed by atoms with Crippen LogP contribution in [0.1, 0.15) is 23.9 Å². The molecule has 9 nitrogen and oxygen atoms in total. The number of nitriles is 2. The number of aryl methyl sites for hydroxylation is 1. The monoisotopic (exact) mass is 352 g/mol. The zero-order chi connectivity index (χ0) is 19.1. The molecular weight excluding hydrogens is 336 g/mol. The Balaban J connectivity index is 2.37. The average molecular weight is 352 g/mol. The first-order chi connectivity index (χ1) is 12.5. The topological polar surface area (TPSA) is 124 Å². The van der Waals surface area contributed by atoms with E-state index in [-0.39, 0.29) is 17.1 Å². The number of nitrogens with one attached hydrogen (secondary N) is 1. The van der Waals surface area contributed by atoms with Crippen LogP contribution in [-0.4, -0.2) is 35.4 Å². The first-order valence-electron chi connectivity index (χ1n) is 7.59. The van der Waals surface area contributed by atoms with Gasteiger partial charge in [-0.3, -0.25) is 4.84 Å². The van der Waals surface area contributed by atoms with Gasteiger partial charge in [0.15, 0.2) is 11.4 Å². The summed E-state index contributed by atoms with van der Waals surface area (Å²) in [6.45, 7) is 1.94. The second kappa shape index (κ2) is 8.42. The predicted molar refractivity (Wildman–Crippen MR) is 91.1 cm³/mol. The van der Waals surface area contributed by atoms with Crippen LogP contribution in [0, 0.1) is 22.7 Å². The minimum Gasteiger partial charge on any atom is -0.454 e. The predicted octanol–water partition coefficient (Wildman–Crippen LogP) is 2.60. The number of hydroxylamine groups is 2. The number of carbonyl (C=O) groups excluding carboxylic acids is 1. The summed E-state index contributed by atoms with van der Waals surface area (Å²) in [4.78, 5) is 16.7. The Bertz CT molecular complexity index is 900. The van der Waals surface area contributed by atoms with Gasteiger partial charge in [-0.25, -0.2) is 9.86 Å². The number of hydrogen-bond donors (Lipinski definition) is 1. The van der Waals surface area contributed by atoms with Crippen molar-refractivity contribution in [3.63, 3.8) is 0 Å². The van der Waals surface area contributed by atoms with Gasteiger partial charge in [0.05, 0.1) is 7.11 Å². The molecule has 0 aliphatic rings. The van der Waals surface area contributed by atoms with Gasteiger partial charge in [0.1, 0.15) is 17.9 Å². The maximum Gasteiger partial charge on any atom is 0.345 e. The molecule has 26 heavy (non-hydrogen) atoms. The molecule has 0 aliphatic heterocycles. The van der Waals surface area contributed by atoms with Gasteiger partial charge in [-0.05, 0) is 18.1 Å². The Morgan fingerprint density at radius 3 is 2.62 bits per heavy atom. The summed E-state index contributed by atoms with van der Waals surface area (Å²) in [5.74, 6) is 0.546. The van der Waals surface area contributed by atoms with E-state index in [4.69, 9.17) is 20.1 Å². The van der Waals surface area contributed by atoms with Crippen molar-refractivity contribution in [2.45, 2.75) is 13.3 Å². The molecule has 2 rings (SSSR count). The van der Waals surface area contributed by atoms with Crippen LogP contribution in [0.4, 0.5) is 10.5 Å². The summed E-state index contributed by atoms with van der Waals surface area (Å²) in [5, 5.41) is 29.1. The highest BCUT2D eigenvalue weighted by Crippen LogP contribution is 2.30. The molecule has 1 heterocycles. The number of ether oxygens (including phenoxy) is 1. The van der Waals surface area contributed by atoms with Gasteiger partial charge in [0.2, 0.25) is 5.69 Å². The van der Waals surface area contributed by atoms with Crippen LogP contribution in [0.15, 0.2) is 24.3 Å². The zero-order valence-corrected chi connectivity index (χ0v) is 14.5. The molecule has 0 unspecified atom stereocenters. The lowest BCUT2D eigenvalue weighted by molar-refractivity contribution is -0.0598. The lowest BCUT2D eigenvalue weighted by Gasteiger charge is -2.16. The molecule has 0 saturated carbocycles. The molecule has 0 bridgehead atoms. The number of rotatable bonds is 5. The fourth-order valence-corrected chi connectivity index (χ4v) is 2.01. The Morgan fingerprint density at radius 2 is 2.00 bits per heavy atom. The van der Waals surface area contributed by atoms with E-state index >= 15 is 0 Å². The van der Waals surface area contributed by atoms with E-state index in [1.807, 2.05) is 19.1 Å². The second-order valence-electron chi connectivity index (χ2n) is 5.05. The highest BCUT2D eigenvalue weighted by Gasteiger charge is 2.14. The summed E-state index contributed by atoms with van der Waals surface area (Å²) in [6.07, 6.45) is 0.660. The van der Waals surface area contributed by atoms with Crippen molar-refractivity contribution >= 4 is 11.7 Å². The standard InChI is InChI=1S/C17H16N6O3/c1-4-11-5-6-12(20-17(24)23(2)25-3)7-15(11)26-16-8-13(9-18)21-22-14(16)10-19/h5-8H,4H2,1-3H3,(H,20,24). The summed E-state index contributed by atoms with van der Waals surface area (Å²) in [7, 11) is 2.85.